The number of guanidine groups is 1. The van der Waals surface area contributed by atoms with Gasteiger partial charge in [0, 0.05) is 14.1 Å². The van der Waals surface area contributed by atoms with Gasteiger partial charge in [0.15, 0.2) is 0 Å². The van der Waals surface area contributed by atoms with Gasteiger partial charge in [0.25, 0.3) is 6.30 Å². The summed E-state index contributed by atoms with van der Waals surface area (Å²) in [7, 11) is 3.37. The van der Waals surface area contributed by atoms with Crippen LogP contribution < -0.4 is 5.84 Å². The number of nitrogens with two attached hydrogens (primary N) is 1. The van der Waals surface area contributed by atoms with Gasteiger partial charge in [-0.2, -0.15) is 0 Å². The maximum Gasteiger partial charge on any atom is 0.300 e. The number of hydrogen-bond acceptors (Lipinski definition) is 5. The normalized spacial score (nSPS) is 22.3. The van der Waals surface area contributed by atoms with Crippen LogP contribution in [-0.4, -0.2) is 52.7 Å². The summed E-state index contributed by atoms with van der Waals surface area (Å²) in [4.78, 5) is 13.1. The standard InChI is InChI=1S/C9H18FN5O/c1-9(2,3)15-6(10)7(16)14(11)8(12-15)13(4)5/h6H,11H2,1-5H3. The smallest absolute Gasteiger partial charge is 0.300 e. The maximum absolute atomic E-state index is 13.8. The minimum Gasteiger partial charge on any atom is -0.346 e. The maximum atomic E-state index is 13.8. The van der Waals surface area contributed by atoms with E-state index in [9.17, 15) is 9.18 Å². The first-order chi connectivity index (χ1) is 7.16. The third kappa shape index (κ3) is 2.08. The highest BCUT2D eigenvalue weighted by Gasteiger charge is 2.41. The molecule has 1 aliphatic heterocycles. The zero-order chi connectivity index (χ0) is 12.7. The Kier molecular flexibility index (Phi) is 3.09. The van der Waals surface area contributed by atoms with Crippen LogP contribution in [0.2, 0.25) is 0 Å². The fourth-order valence-electron chi connectivity index (χ4n) is 1.31. The van der Waals surface area contributed by atoms with Gasteiger partial charge in [-0.25, -0.2) is 20.3 Å². The number of rotatable bonds is 0. The first-order valence-electron chi connectivity index (χ1n) is 4.94. The van der Waals surface area contributed by atoms with Crippen molar-refractivity contribution in [3.05, 3.63) is 0 Å². The number of carbonyl (C=O) groups is 1. The summed E-state index contributed by atoms with van der Waals surface area (Å²) in [6.45, 7) is 5.32. The van der Waals surface area contributed by atoms with E-state index in [1.165, 1.54) is 0 Å². The van der Waals surface area contributed by atoms with E-state index in [4.69, 9.17) is 5.84 Å². The second-order valence-corrected chi connectivity index (χ2v) is 4.85. The van der Waals surface area contributed by atoms with Crippen LogP contribution in [0, 0.1) is 0 Å². The minimum atomic E-state index is -1.84. The Bertz CT molecular complexity index is 322. The van der Waals surface area contributed by atoms with E-state index in [-0.39, 0.29) is 5.96 Å². The first kappa shape index (κ1) is 12.7. The molecular formula is C9H18FN5O. The highest BCUT2D eigenvalue weighted by atomic mass is 19.1. The summed E-state index contributed by atoms with van der Waals surface area (Å²) in [6.07, 6.45) is -1.84. The molecule has 1 unspecified atom stereocenters. The van der Waals surface area contributed by atoms with E-state index in [0.717, 1.165) is 10.0 Å². The van der Waals surface area contributed by atoms with Crippen molar-refractivity contribution in [1.29, 1.82) is 0 Å². The second-order valence-electron chi connectivity index (χ2n) is 4.85. The van der Waals surface area contributed by atoms with Gasteiger partial charge in [-0.1, -0.05) is 0 Å². The number of amides is 1. The van der Waals surface area contributed by atoms with Crippen molar-refractivity contribution in [2.45, 2.75) is 32.6 Å². The molecule has 1 atom stereocenters. The highest BCUT2D eigenvalue weighted by Crippen LogP contribution is 2.23. The summed E-state index contributed by atoms with van der Waals surface area (Å²) in [6, 6.07) is 0. The van der Waals surface area contributed by atoms with Gasteiger partial charge in [0.1, 0.15) is 0 Å². The van der Waals surface area contributed by atoms with Crippen LogP contribution in [0.3, 0.4) is 0 Å². The van der Waals surface area contributed by atoms with Crippen molar-refractivity contribution in [2.75, 3.05) is 14.1 Å². The highest BCUT2D eigenvalue weighted by molar-refractivity contribution is 5.99. The molecule has 92 valence electrons. The largest absolute Gasteiger partial charge is 0.346 e. The quantitative estimate of drug-likeness (QED) is 0.360. The second kappa shape index (κ2) is 3.89. The SMILES string of the molecule is CN(C)C1=NN(C(C)(C)C)C(F)C(=O)N1N. The Morgan fingerprint density at radius 3 is 2.31 bits per heavy atom. The molecule has 0 saturated heterocycles. The Balaban J connectivity index is 3.16. The van der Waals surface area contributed by atoms with E-state index >= 15 is 0 Å². The Morgan fingerprint density at radius 1 is 1.44 bits per heavy atom. The molecule has 7 heteroatoms. The third-order valence-corrected chi connectivity index (χ3v) is 2.16. The van der Waals surface area contributed by atoms with Gasteiger partial charge in [0.2, 0.25) is 5.96 Å². The van der Waals surface area contributed by atoms with Gasteiger partial charge in [-0.15, -0.1) is 5.10 Å². The van der Waals surface area contributed by atoms with E-state index < -0.39 is 17.7 Å². The zero-order valence-corrected chi connectivity index (χ0v) is 10.2. The number of hydrazone groups is 1. The van der Waals surface area contributed by atoms with Crippen LogP contribution in [0.4, 0.5) is 4.39 Å². The lowest BCUT2D eigenvalue weighted by atomic mass is 10.1. The molecule has 0 fully saturated rings. The summed E-state index contributed by atoms with van der Waals surface area (Å²) >= 11 is 0. The van der Waals surface area contributed by atoms with Gasteiger partial charge < -0.3 is 4.90 Å². The number of nitrogens with zero attached hydrogens (tertiary/aromatic N) is 4. The number of halogens is 1. The molecule has 1 heterocycles. The van der Waals surface area contributed by atoms with Crippen molar-refractivity contribution in [3.63, 3.8) is 0 Å². The molecule has 16 heavy (non-hydrogen) atoms. The van der Waals surface area contributed by atoms with Crippen molar-refractivity contribution in [3.8, 4) is 0 Å². The lowest BCUT2D eigenvalue weighted by Crippen LogP contribution is -2.62. The van der Waals surface area contributed by atoms with Crippen LogP contribution in [0.1, 0.15) is 20.8 Å². The summed E-state index contributed by atoms with van der Waals surface area (Å²) in [5.41, 5.74) is -0.586. The van der Waals surface area contributed by atoms with Crippen LogP contribution >= 0.6 is 0 Å². The van der Waals surface area contributed by atoms with Crippen LogP contribution in [0.5, 0.6) is 0 Å². The molecular weight excluding hydrogens is 213 g/mol. The van der Waals surface area contributed by atoms with Gasteiger partial charge in [-0.3, -0.25) is 4.79 Å². The Labute approximate surface area is 94.4 Å². The van der Waals surface area contributed by atoms with Crippen LogP contribution in [0.15, 0.2) is 5.10 Å². The molecule has 2 N–H and O–H groups in total. The van der Waals surface area contributed by atoms with Crippen LogP contribution in [0.25, 0.3) is 0 Å². The third-order valence-electron chi connectivity index (χ3n) is 2.16. The predicted molar refractivity (Wildman–Crippen MR) is 58.6 cm³/mol. The van der Waals surface area contributed by atoms with Gasteiger partial charge in [0.05, 0.1) is 5.54 Å². The molecule has 0 aromatic carbocycles. The molecule has 1 amide bonds. The first-order valence-corrected chi connectivity index (χ1v) is 4.94. The predicted octanol–water partition coefficient (Wildman–Crippen LogP) is -0.0690. The summed E-state index contributed by atoms with van der Waals surface area (Å²) in [5.74, 6) is 4.87. The fourth-order valence-corrected chi connectivity index (χ4v) is 1.31. The van der Waals surface area contributed by atoms with E-state index in [0.29, 0.717) is 0 Å². The Morgan fingerprint density at radius 2 is 1.94 bits per heavy atom. The monoisotopic (exact) mass is 231 g/mol. The molecule has 1 aliphatic rings. The molecule has 6 nitrogen and oxygen atoms in total. The molecule has 0 radical (unpaired) electrons. The number of hydrogen-bond donors (Lipinski definition) is 1. The Hall–Kier alpha value is -1.37. The summed E-state index contributed by atoms with van der Waals surface area (Å²) < 4.78 is 13.8. The van der Waals surface area contributed by atoms with E-state index in [2.05, 4.69) is 5.10 Å². The van der Waals surface area contributed by atoms with Gasteiger partial charge in [-0.05, 0) is 20.8 Å². The molecule has 0 aromatic rings. The van der Waals surface area contributed by atoms with E-state index in [1.807, 2.05) is 0 Å². The topological polar surface area (TPSA) is 65.2 Å². The lowest BCUT2D eigenvalue weighted by molar-refractivity contribution is -0.147. The van der Waals surface area contributed by atoms with Crippen molar-refractivity contribution >= 4 is 11.9 Å². The molecule has 1 rings (SSSR count). The van der Waals surface area contributed by atoms with Crippen LogP contribution in [-0.2, 0) is 4.79 Å². The number of alkyl halides is 1. The lowest BCUT2D eigenvalue weighted by Gasteiger charge is -2.41. The fraction of sp³-hybridized carbons (Fsp3) is 0.778. The molecule has 0 aromatic heterocycles. The summed E-state index contributed by atoms with van der Waals surface area (Å²) in [5, 5.41) is 5.89. The number of carbonyl (C=O) groups excluding carboxylic acids is 1. The molecule has 0 aliphatic carbocycles. The molecule has 0 saturated carbocycles. The average Bonchev–Trinajstić information content (AvgIpc) is 2.11. The van der Waals surface area contributed by atoms with Gasteiger partial charge >= 0.3 is 5.91 Å². The number of hydrazine groups is 1. The zero-order valence-electron chi connectivity index (χ0n) is 10.2. The van der Waals surface area contributed by atoms with Crippen molar-refractivity contribution < 1.29 is 9.18 Å². The van der Waals surface area contributed by atoms with Crippen molar-refractivity contribution in [2.24, 2.45) is 10.9 Å². The molecule has 0 spiro atoms. The van der Waals surface area contributed by atoms with Crippen molar-refractivity contribution in [1.82, 2.24) is 14.9 Å². The minimum absolute atomic E-state index is 0.217. The van der Waals surface area contributed by atoms with E-state index in [1.54, 1.807) is 39.8 Å². The average molecular weight is 231 g/mol. The molecule has 0 bridgehead atoms.